The van der Waals surface area contributed by atoms with E-state index in [9.17, 15) is 4.79 Å². The Morgan fingerprint density at radius 3 is 2.50 bits per heavy atom. The van der Waals surface area contributed by atoms with Crippen LogP contribution in [0.2, 0.25) is 0 Å². The zero-order valence-corrected chi connectivity index (χ0v) is 19.1. The maximum atomic E-state index is 12.9. The Hall–Kier alpha value is -3.67. The van der Waals surface area contributed by atoms with Crippen LogP contribution in [0.25, 0.3) is 16.7 Å². The molecule has 1 N–H and O–H groups in total. The van der Waals surface area contributed by atoms with E-state index in [2.05, 4.69) is 37.3 Å². The second-order valence-corrected chi connectivity index (χ2v) is 8.53. The number of aromatic nitrogens is 3. The molecule has 0 bridgehead atoms. The summed E-state index contributed by atoms with van der Waals surface area (Å²) < 4.78 is 7.39. The van der Waals surface area contributed by atoms with Crippen LogP contribution in [0.3, 0.4) is 0 Å². The predicted molar refractivity (Wildman–Crippen MR) is 128 cm³/mol. The molecule has 0 saturated heterocycles. The summed E-state index contributed by atoms with van der Waals surface area (Å²) in [4.78, 5) is 17.7. The fourth-order valence-corrected chi connectivity index (χ4v) is 3.57. The van der Waals surface area contributed by atoms with Crippen LogP contribution in [0, 0.1) is 26.7 Å². The summed E-state index contributed by atoms with van der Waals surface area (Å²) in [6.07, 6.45) is 0. The molecule has 32 heavy (non-hydrogen) atoms. The van der Waals surface area contributed by atoms with Gasteiger partial charge in [-0.15, -0.1) is 0 Å². The highest BCUT2D eigenvalue weighted by molar-refractivity contribution is 6.04. The number of nitrogens with one attached hydrogen (secondary N) is 1. The lowest BCUT2D eigenvalue weighted by Crippen LogP contribution is -2.15. The first-order chi connectivity index (χ1) is 15.3. The Labute approximate surface area is 188 Å². The van der Waals surface area contributed by atoms with Crippen LogP contribution < -0.4 is 10.1 Å². The predicted octanol–water partition coefficient (Wildman–Crippen LogP) is 5.63. The second kappa shape index (κ2) is 8.83. The van der Waals surface area contributed by atoms with Crippen molar-refractivity contribution in [3.8, 4) is 11.6 Å². The van der Waals surface area contributed by atoms with Gasteiger partial charge in [-0.2, -0.15) is 9.78 Å². The lowest BCUT2D eigenvalue weighted by atomic mass is 10.1. The number of pyridine rings is 1. The van der Waals surface area contributed by atoms with Gasteiger partial charge in [0.1, 0.15) is 11.6 Å². The molecule has 0 aliphatic rings. The molecule has 0 aliphatic carbocycles. The number of para-hydroxylation sites is 1. The van der Waals surface area contributed by atoms with Crippen molar-refractivity contribution in [2.45, 2.75) is 34.6 Å². The van der Waals surface area contributed by atoms with E-state index in [0.29, 0.717) is 29.7 Å². The first-order valence-electron chi connectivity index (χ1n) is 10.8. The summed E-state index contributed by atoms with van der Waals surface area (Å²) in [7, 11) is 0. The second-order valence-electron chi connectivity index (χ2n) is 8.53. The molecule has 0 spiro atoms. The van der Waals surface area contributed by atoms with Gasteiger partial charge in [-0.05, 0) is 68.1 Å². The van der Waals surface area contributed by atoms with E-state index < -0.39 is 0 Å². The van der Waals surface area contributed by atoms with Gasteiger partial charge in [0, 0.05) is 17.0 Å². The van der Waals surface area contributed by atoms with Crippen molar-refractivity contribution in [3.63, 3.8) is 0 Å². The topological polar surface area (TPSA) is 69.0 Å². The molecule has 0 atom stereocenters. The summed E-state index contributed by atoms with van der Waals surface area (Å²) in [6.45, 7) is 10.8. The van der Waals surface area contributed by atoms with E-state index in [0.717, 1.165) is 33.5 Å². The average Bonchev–Trinajstić information content (AvgIpc) is 3.13. The number of benzene rings is 2. The van der Waals surface area contributed by atoms with Crippen LogP contribution in [-0.2, 0) is 0 Å². The van der Waals surface area contributed by atoms with Gasteiger partial charge >= 0.3 is 0 Å². The van der Waals surface area contributed by atoms with E-state index in [1.165, 1.54) is 0 Å². The Balaban J connectivity index is 1.61. The van der Waals surface area contributed by atoms with Gasteiger partial charge in [-0.25, -0.2) is 4.98 Å². The molecular weight excluding hydrogens is 400 g/mol. The molecular formula is C26H28N4O2. The molecule has 0 fully saturated rings. The first kappa shape index (κ1) is 21.6. The quantitative estimate of drug-likeness (QED) is 0.432. The number of anilines is 1. The Bertz CT molecular complexity index is 1270. The number of hydrogen-bond acceptors (Lipinski definition) is 4. The minimum Gasteiger partial charge on any atom is -0.493 e. The third-order valence-corrected chi connectivity index (χ3v) is 5.22. The van der Waals surface area contributed by atoms with Crippen molar-refractivity contribution < 1.29 is 9.53 Å². The maximum Gasteiger partial charge on any atom is 0.256 e. The van der Waals surface area contributed by atoms with E-state index in [1.807, 2.05) is 50.2 Å². The zero-order valence-electron chi connectivity index (χ0n) is 19.1. The van der Waals surface area contributed by atoms with Crippen molar-refractivity contribution >= 4 is 22.6 Å². The molecule has 164 valence electrons. The van der Waals surface area contributed by atoms with E-state index in [-0.39, 0.29) is 5.91 Å². The van der Waals surface area contributed by atoms with Gasteiger partial charge in [-0.3, -0.25) is 4.79 Å². The van der Waals surface area contributed by atoms with Crippen LogP contribution in [-0.4, -0.2) is 27.3 Å². The molecule has 6 nitrogen and oxygen atoms in total. The van der Waals surface area contributed by atoms with Gasteiger partial charge in [0.15, 0.2) is 5.82 Å². The fourth-order valence-electron chi connectivity index (χ4n) is 3.57. The number of carbonyl (C=O) groups excluding carboxylic acids is 1. The monoisotopic (exact) mass is 428 g/mol. The summed E-state index contributed by atoms with van der Waals surface area (Å²) in [6, 6.07) is 17.1. The highest BCUT2D eigenvalue weighted by atomic mass is 16.5. The minimum atomic E-state index is -0.213. The number of hydrogen-bond donors (Lipinski definition) is 1. The van der Waals surface area contributed by atoms with Gasteiger partial charge in [0.25, 0.3) is 5.91 Å². The SMILES string of the molecule is Cc1cc(NC(=O)c2ccc(OCC(C)C)cc2)n(-c2cc(C)c3cccc(C)c3n2)n1. The summed E-state index contributed by atoms with van der Waals surface area (Å²) in [5.41, 5.74) is 4.48. The molecule has 2 heterocycles. The van der Waals surface area contributed by atoms with Gasteiger partial charge in [0.05, 0.1) is 17.8 Å². The third kappa shape index (κ3) is 4.49. The number of rotatable bonds is 6. The lowest BCUT2D eigenvalue weighted by Gasteiger charge is -2.12. The van der Waals surface area contributed by atoms with Crippen LogP contribution in [0.4, 0.5) is 5.82 Å². The zero-order chi connectivity index (χ0) is 22.8. The molecule has 0 radical (unpaired) electrons. The number of nitrogens with zero attached hydrogens (tertiary/aromatic N) is 3. The standard InChI is InChI=1S/C26H28N4O2/c1-16(2)15-32-21-11-9-20(10-12-21)26(31)28-24-14-19(5)29-30(24)23-13-18(4)22-8-6-7-17(3)25(22)27-23/h6-14,16H,15H2,1-5H3,(H,28,31). The maximum absolute atomic E-state index is 12.9. The third-order valence-electron chi connectivity index (χ3n) is 5.22. The van der Waals surface area contributed by atoms with Crippen molar-refractivity contribution in [1.82, 2.24) is 14.8 Å². The smallest absolute Gasteiger partial charge is 0.256 e. The summed E-state index contributed by atoms with van der Waals surface area (Å²) in [5, 5.41) is 8.67. The number of carbonyl (C=O) groups is 1. The van der Waals surface area contributed by atoms with Crippen molar-refractivity contribution in [2.24, 2.45) is 5.92 Å². The molecule has 0 saturated carbocycles. The van der Waals surface area contributed by atoms with Crippen LogP contribution in [0.5, 0.6) is 5.75 Å². The molecule has 4 aromatic rings. The van der Waals surface area contributed by atoms with Crippen LogP contribution in [0.15, 0.2) is 54.6 Å². The number of fused-ring (bicyclic) bond motifs is 1. The number of aryl methyl sites for hydroxylation is 3. The molecule has 4 rings (SSSR count). The minimum absolute atomic E-state index is 0.213. The fraction of sp³-hybridized carbons (Fsp3) is 0.269. The van der Waals surface area contributed by atoms with Gasteiger partial charge in [-0.1, -0.05) is 32.0 Å². The average molecular weight is 429 g/mol. The van der Waals surface area contributed by atoms with Gasteiger partial charge in [0.2, 0.25) is 0 Å². The molecule has 0 aliphatic heterocycles. The summed E-state index contributed by atoms with van der Waals surface area (Å²) in [5.74, 6) is 2.23. The van der Waals surface area contributed by atoms with E-state index >= 15 is 0 Å². The first-order valence-corrected chi connectivity index (χ1v) is 10.8. The molecule has 2 aromatic heterocycles. The lowest BCUT2D eigenvalue weighted by molar-refractivity contribution is 0.102. The van der Waals surface area contributed by atoms with E-state index in [4.69, 9.17) is 9.72 Å². The highest BCUT2D eigenvalue weighted by Gasteiger charge is 2.15. The Kier molecular flexibility index (Phi) is 5.95. The van der Waals surface area contributed by atoms with E-state index in [1.54, 1.807) is 16.8 Å². The number of amides is 1. The van der Waals surface area contributed by atoms with Gasteiger partial charge < -0.3 is 10.1 Å². The van der Waals surface area contributed by atoms with Crippen molar-refractivity contribution in [3.05, 3.63) is 77.0 Å². The highest BCUT2D eigenvalue weighted by Crippen LogP contribution is 2.25. The van der Waals surface area contributed by atoms with Crippen molar-refractivity contribution in [1.29, 1.82) is 0 Å². The Morgan fingerprint density at radius 2 is 1.78 bits per heavy atom. The molecule has 2 aromatic carbocycles. The normalized spacial score (nSPS) is 11.2. The van der Waals surface area contributed by atoms with Crippen molar-refractivity contribution in [2.75, 3.05) is 11.9 Å². The molecule has 1 amide bonds. The van der Waals surface area contributed by atoms with Crippen LogP contribution >= 0.6 is 0 Å². The molecule has 6 heteroatoms. The van der Waals surface area contributed by atoms with Crippen LogP contribution in [0.1, 0.15) is 41.0 Å². The summed E-state index contributed by atoms with van der Waals surface area (Å²) >= 11 is 0. The molecule has 0 unspecified atom stereocenters. The number of ether oxygens (including phenoxy) is 1. The Morgan fingerprint density at radius 1 is 1.03 bits per heavy atom. The largest absolute Gasteiger partial charge is 0.493 e.